The molecule has 2 aromatic carbocycles. The van der Waals surface area contributed by atoms with E-state index in [9.17, 15) is 4.79 Å². The smallest absolute Gasteiger partial charge is 0.280 e. The number of nitrogens with zero attached hydrogens (tertiary/aromatic N) is 4. The van der Waals surface area contributed by atoms with Gasteiger partial charge in [-0.1, -0.05) is 23.5 Å². The summed E-state index contributed by atoms with van der Waals surface area (Å²) in [6.07, 6.45) is 3.07. The van der Waals surface area contributed by atoms with Gasteiger partial charge >= 0.3 is 0 Å². The van der Waals surface area contributed by atoms with Crippen molar-refractivity contribution in [1.82, 2.24) is 9.97 Å². The number of benzene rings is 2. The van der Waals surface area contributed by atoms with Gasteiger partial charge in [0.1, 0.15) is 5.76 Å². The zero-order chi connectivity index (χ0) is 18.9. The average Bonchev–Trinajstić information content (AvgIpc) is 3.47. The number of rotatable bonds is 4. The summed E-state index contributed by atoms with van der Waals surface area (Å²) in [5, 5.41) is 6.19. The second kappa shape index (κ2) is 6.99. The van der Waals surface area contributed by atoms with E-state index in [1.165, 1.54) is 33.9 Å². The summed E-state index contributed by atoms with van der Waals surface area (Å²) in [6.45, 7) is 0. The Morgan fingerprint density at radius 1 is 1.07 bits per heavy atom. The van der Waals surface area contributed by atoms with Gasteiger partial charge in [0.25, 0.3) is 5.91 Å². The quantitative estimate of drug-likeness (QED) is 0.306. The van der Waals surface area contributed by atoms with Gasteiger partial charge in [0.05, 0.1) is 38.4 Å². The van der Waals surface area contributed by atoms with Crippen molar-refractivity contribution >= 4 is 60.4 Å². The Hall–Kier alpha value is -3.36. The van der Waals surface area contributed by atoms with Gasteiger partial charge in [0.2, 0.25) is 5.13 Å². The van der Waals surface area contributed by atoms with Crippen molar-refractivity contribution in [2.45, 2.75) is 0 Å². The number of hydrazone groups is 1. The predicted octanol–water partition coefficient (Wildman–Crippen LogP) is 5.18. The van der Waals surface area contributed by atoms with Crippen LogP contribution in [0.5, 0.6) is 0 Å². The van der Waals surface area contributed by atoms with Crippen LogP contribution in [0.2, 0.25) is 0 Å². The average molecular weight is 404 g/mol. The number of hydrogen-bond donors (Lipinski definition) is 0. The molecule has 28 heavy (non-hydrogen) atoms. The van der Waals surface area contributed by atoms with Crippen LogP contribution in [-0.2, 0) is 0 Å². The molecule has 0 bridgehead atoms. The second-order valence-electron chi connectivity index (χ2n) is 5.88. The summed E-state index contributed by atoms with van der Waals surface area (Å²) in [5.74, 6) is 0.286. The zero-order valence-electron chi connectivity index (χ0n) is 14.4. The molecule has 0 aliphatic carbocycles. The van der Waals surface area contributed by atoms with E-state index in [2.05, 4.69) is 15.1 Å². The number of amides is 1. The Bertz CT molecular complexity index is 1270. The lowest BCUT2D eigenvalue weighted by atomic mass is 10.2. The van der Waals surface area contributed by atoms with E-state index in [-0.39, 0.29) is 5.91 Å². The molecule has 6 nitrogen and oxygen atoms in total. The van der Waals surface area contributed by atoms with Crippen LogP contribution in [-0.4, -0.2) is 22.1 Å². The lowest BCUT2D eigenvalue weighted by molar-refractivity contribution is 0.0988. The van der Waals surface area contributed by atoms with Gasteiger partial charge in [-0.15, -0.1) is 11.3 Å². The third kappa shape index (κ3) is 3.08. The van der Waals surface area contributed by atoms with Crippen LogP contribution < -0.4 is 5.01 Å². The summed E-state index contributed by atoms with van der Waals surface area (Å²) in [4.78, 5) is 22.1. The van der Waals surface area contributed by atoms with E-state index >= 15 is 0 Å². The number of anilines is 1. The maximum Gasteiger partial charge on any atom is 0.280 e. The lowest BCUT2D eigenvalue weighted by Gasteiger charge is -2.13. The minimum Gasteiger partial charge on any atom is -0.463 e. The standard InChI is InChI=1S/C20H12N4O2S2/c25-19(13-7-8-15-18(10-13)27-12-21-15)24(22-11-14-4-3-9-26-14)20-23-16-5-1-2-6-17(16)28-20/h1-12H/b22-11+. The first kappa shape index (κ1) is 16.8. The van der Waals surface area contributed by atoms with Gasteiger partial charge in [-0.3, -0.25) is 4.79 Å². The van der Waals surface area contributed by atoms with Crippen LogP contribution in [0.3, 0.4) is 0 Å². The van der Waals surface area contributed by atoms with E-state index in [0.717, 1.165) is 20.4 Å². The highest BCUT2D eigenvalue weighted by Crippen LogP contribution is 2.30. The van der Waals surface area contributed by atoms with E-state index in [4.69, 9.17) is 4.42 Å². The number of carbonyl (C=O) groups excluding carboxylic acids is 1. The molecule has 1 amide bonds. The van der Waals surface area contributed by atoms with Crippen molar-refractivity contribution in [2.75, 3.05) is 5.01 Å². The maximum absolute atomic E-state index is 13.3. The van der Waals surface area contributed by atoms with Crippen LogP contribution in [0.1, 0.15) is 16.1 Å². The highest BCUT2D eigenvalue weighted by atomic mass is 32.1. The minimum absolute atomic E-state index is 0.267. The van der Waals surface area contributed by atoms with E-state index in [1.54, 1.807) is 30.0 Å². The predicted molar refractivity (Wildman–Crippen MR) is 112 cm³/mol. The van der Waals surface area contributed by atoms with Crippen LogP contribution in [0.25, 0.3) is 20.4 Å². The largest absolute Gasteiger partial charge is 0.463 e. The second-order valence-corrected chi connectivity index (χ2v) is 7.77. The van der Waals surface area contributed by atoms with Crippen molar-refractivity contribution in [3.8, 4) is 0 Å². The van der Waals surface area contributed by atoms with Crippen molar-refractivity contribution in [3.63, 3.8) is 0 Å². The molecule has 0 spiro atoms. The molecule has 3 aromatic heterocycles. The monoisotopic (exact) mass is 404 g/mol. The molecule has 0 radical (unpaired) electrons. The molecule has 0 fully saturated rings. The fourth-order valence-electron chi connectivity index (χ4n) is 2.73. The molecule has 0 saturated carbocycles. The van der Waals surface area contributed by atoms with Crippen LogP contribution >= 0.6 is 22.7 Å². The summed E-state index contributed by atoms with van der Waals surface area (Å²) < 4.78 is 7.24. The molecule has 0 atom stereocenters. The highest BCUT2D eigenvalue weighted by molar-refractivity contribution is 7.22. The molecule has 136 valence electrons. The fraction of sp³-hybridized carbons (Fsp3) is 0. The zero-order valence-corrected chi connectivity index (χ0v) is 16.0. The molecular formula is C20H12N4O2S2. The molecule has 0 unspecified atom stereocenters. The summed E-state index contributed by atoms with van der Waals surface area (Å²) in [6, 6.07) is 16.7. The van der Waals surface area contributed by atoms with Gasteiger partial charge in [-0.05, 0) is 42.5 Å². The van der Waals surface area contributed by atoms with Crippen molar-refractivity contribution in [2.24, 2.45) is 5.10 Å². The first-order valence-corrected chi connectivity index (χ1v) is 10.1. The van der Waals surface area contributed by atoms with Crippen molar-refractivity contribution < 1.29 is 9.21 Å². The van der Waals surface area contributed by atoms with Gasteiger partial charge in [0.15, 0.2) is 0 Å². The number of hydrogen-bond acceptors (Lipinski definition) is 7. The Balaban J connectivity index is 1.58. The third-order valence-electron chi connectivity index (χ3n) is 4.08. The molecule has 0 aliphatic heterocycles. The van der Waals surface area contributed by atoms with Crippen molar-refractivity contribution in [3.05, 3.63) is 77.7 Å². The molecule has 5 rings (SSSR count). The normalized spacial score (nSPS) is 11.6. The van der Waals surface area contributed by atoms with Gasteiger partial charge in [-0.2, -0.15) is 10.1 Å². The minimum atomic E-state index is -0.267. The SMILES string of the molecule is O=C(c1ccc2ncsc2c1)N(/N=C/c1ccco1)c1nc2ccccc2s1. The molecule has 0 aliphatic rings. The van der Waals surface area contributed by atoms with Gasteiger partial charge in [-0.25, -0.2) is 9.97 Å². The maximum atomic E-state index is 13.3. The Morgan fingerprint density at radius 2 is 2.00 bits per heavy atom. The van der Waals surface area contributed by atoms with Crippen LogP contribution in [0.15, 0.2) is 75.9 Å². The first-order chi connectivity index (χ1) is 13.8. The number of fused-ring (bicyclic) bond motifs is 2. The van der Waals surface area contributed by atoms with Crippen LogP contribution in [0, 0.1) is 0 Å². The molecule has 5 aromatic rings. The van der Waals surface area contributed by atoms with Gasteiger partial charge in [0, 0.05) is 5.56 Å². The topological polar surface area (TPSA) is 71.6 Å². The summed E-state index contributed by atoms with van der Waals surface area (Å²) >= 11 is 2.90. The fourth-order valence-corrected chi connectivity index (χ4v) is 4.37. The highest BCUT2D eigenvalue weighted by Gasteiger charge is 2.21. The molecule has 3 heterocycles. The molecular weight excluding hydrogens is 392 g/mol. The number of para-hydroxylation sites is 1. The summed E-state index contributed by atoms with van der Waals surface area (Å²) in [7, 11) is 0. The first-order valence-electron chi connectivity index (χ1n) is 8.39. The third-order valence-corrected chi connectivity index (χ3v) is 5.88. The van der Waals surface area contributed by atoms with Gasteiger partial charge < -0.3 is 4.42 Å². The van der Waals surface area contributed by atoms with Crippen LogP contribution in [0.4, 0.5) is 5.13 Å². The number of carbonyl (C=O) groups is 1. The van der Waals surface area contributed by atoms with E-state index < -0.39 is 0 Å². The number of aromatic nitrogens is 2. The Kier molecular flexibility index (Phi) is 4.19. The number of furan rings is 1. The molecule has 8 heteroatoms. The molecule has 0 saturated heterocycles. The Labute approximate surface area is 167 Å². The van der Waals surface area contributed by atoms with E-state index in [0.29, 0.717) is 16.5 Å². The van der Waals surface area contributed by atoms with E-state index in [1.807, 2.05) is 36.4 Å². The summed E-state index contributed by atoms with van der Waals surface area (Å²) in [5.41, 5.74) is 3.98. The lowest BCUT2D eigenvalue weighted by Crippen LogP contribution is -2.25. The number of thiazole rings is 2. The molecule has 0 N–H and O–H groups in total. The Morgan fingerprint density at radius 3 is 2.86 bits per heavy atom. The van der Waals surface area contributed by atoms with Crippen molar-refractivity contribution in [1.29, 1.82) is 0 Å².